The van der Waals surface area contributed by atoms with Gasteiger partial charge in [0.05, 0.1) is 6.10 Å². The fourth-order valence-electron chi connectivity index (χ4n) is 2.73. The molecule has 6 heteroatoms. The monoisotopic (exact) mass is 336 g/mol. The number of hydrogen-bond donors (Lipinski definition) is 1. The van der Waals surface area contributed by atoms with Gasteiger partial charge in [0.15, 0.2) is 0 Å². The van der Waals surface area contributed by atoms with E-state index in [-0.39, 0.29) is 36.7 Å². The number of likely N-dealkylation sites (tertiary alicyclic amines) is 1. The van der Waals surface area contributed by atoms with Crippen LogP contribution in [0.3, 0.4) is 0 Å². The molecule has 1 aromatic rings. The number of halogens is 1. The maximum atomic E-state index is 12.8. The van der Waals surface area contributed by atoms with E-state index in [1.54, 1.807) is 0 Å². The first kappa shape index (κ1) is 18.4. The Kier molecular flexibility index (Phi) is 7.18. The third-order valence-electron chi connectivity index (χ3n) is 4.02. The Labute approximate surface area is 142 Å². The average Bonchev–Trinajstić information content (AvgIpc) is 2.60. The van der Waals surface area contributed by atoms with E-state index in [0.29, 0.717) is 12.1 Å². The van der Waals surface area contributed by atoms with Gasteiger partial charge in [-0.3, -0.25) is 9.59 Å². The maximum absolute atomic E-state index is 12.8. The highest BCUT2D eigenvalue weighted by atomic mass is 19.1. The molecule has 0 radical (unpaired) electrons. The first-order valence-electron chi connectivity index (χ1n) is 8.53. The first-order valence-corrected chi connectivity index (χ1v) is 8.53. The number of nitrogens with zero attached hydrogens (tertiary/aromatic N) is 1. The van der Waals surface area contributed by atoms with Crippen LogP contribution in [0.1, 0.15) is 43.0 Å². The van der Waals surface area contributed by atoms with Crippen molar-refractivity contribution in [3.8, 4) is 0 Å². The largest absolute Gasteiger partial charge is 0.376 e. The number of rotatable bonds is 7. The van der Waals surface area contributed by atoms with E-state index in [1.807, 2.05) is 4.90 Å². The van der Waals surface area contributed by atoms with Gasteiger partial charge in [-0.15, -0.1) is 0 Å². The minimum atomic E-state index is -0.383. The van der Waals surface area contributed by atoms with Gasteiger partial charge in [0.1, 0.15) is 5.82 Å². The predicted molar refractivity (Wildman–Crippen MR) is 89.2 cm³/mol. The van der Waals surface area contributed by atoms with E-state index in [9.17, 15) is 14.0 Å². The zero-order valence-electron chi connectivity index (χ0n) is 14.1. The molecule has 1 fully saturated rings. The zero-order chi connectivity index (χ0) is 17.4. The van der Waals surface area contributed by atoms with Crippen LogP contribution in [0.5, 0.6) is 0 Å². The van der Waals surface area contributed by atoms with Crippen molar-refractivity contribution >= 4 is 11.8 Å². The van der Waals surface area contributed by atoms with Crippen molar-refractivity contribution in [3.05, 3.63) is 35.6 Å². The molecular weight excluding hydrogens is 311 g/mol. The molecule has 1 aromatic carbocycles. The summed E-state index contributed by atoms with van der Waals surface area (Å²) in [7, 11) is 0. The molecule has 0 spiro atoms. The molecule has 132 valence electrons. The zero-order valence-corrected chi connectivity index (χ0v) is 14.1. The molecule has 5 nitrogen and oxygen atoms in total. The van der Waals surface area contributed by atoms with Gasteiger partial charge in [-0.2, -0.15) is 0 Å². The molecule has 1 saturated heterocycles. The van der Waals surface area contributed by atoms with Crippen LogP contribution < -0.4 is 5.32 Å². The molecule has 1 N–H and O–H groups in total. The van der Waals surface area contributed by atoms with Gasteiger partial charge in [-0.25, -0.2) is 4.39 Å². The first-order chi connectivity index (χ1) is 11.6. The summed E-state index contributed by atoms with van der Waals surface area (Å²) in [6.07, 6.45) is 3.29. The predicted octanol–water partition coefficient (Wildman–Crippen LogP) is 2.36. The number of hydrogen-bond acceptors (Lipinski definition) is 3. The summed E-state index contributed by atoms with van der Waals surface area (Å²) in [5.41, 5.74) is 0.384. The fraction of sp³-hybridized carbons (Fsp3) is 0.556. The second-order valence-electron chi connectivity index (χ2n) is 5.99. The second-order valence-corrected chi connectivity index (χ2v) is 5.99. The highest BCUT2D eigenvalue weighted by Gasteiger charge is 2.23. The Balaban J connectivity index is 1.72. The molecule has 2 rings (SSSR count). The van der Waals surface area contributed by atoms with Crippen molar-refractivity contribution in [1.29, 1.82) is 0 Å². The van der Waals surface area contributed by atoms with Crippen LogP contribution in [-0.4, -0.2) is 49.1 Å². The molecule has 1 aliphatic rings. The van der Waals surface area contributed by atoms with E-state index in [0.717, 1.165) is 32.4 Å². The van der Waals surface area contributed by atoms with Gasteiger partial charge in [0, 0.05) is 38.2 Å². The van der Waals surface area contributed by atoms with Gasteiger partial charge in [0.25, 0.3) is 5.91 Å². The van der Waals surface area contributed by atoms with Crippen LogP contribution in [0.2, 0.25) is 0 Å². The summed E-state index contributed by atoms with van der Waals surface area (Å²) in [6.45, 7) is 4.43. The summed E-state index contributed by atoms with van der Waals surface area (Å²) in [5, 5.41) is 2.69. The topological polar surface area (TPSA) is 58.6 Å². The number of amides is 2. The van der Waals surface area contributed by atoms with Crippen molar-refractivity contribution in [2.45, 2.75) is 38.7 Å². The van der Waals surface area contributed by atoms with Gasteiger partial charge in [0.2, 0.25) is 5.91 Å². The Bertz CT molecular complexity index is 548. The van der Waals surface area contributed by atoms with Crippen LogP contribution in [0.25, 0.3) is 0 Å². The molecule has 1 atom stereocenters. The summed E-state index contributed by atoms with van der Waals surface area (Å²) < 4.78 is 18.6. The molecule has 0 aromatic heterocycles. The van der Waals surface area contributed by atoms with Crippen LogP contribution in [0.4, 0.5) is 4.39 Å². The molecule has 1 heterocycles. The highest BCUT2D eigenvalue weighted by molar-refractivity contribution is 5.94. The lowest BCUT2D eigenvalue weighted by Crippen LogP contribution is -2.44. The third kappa shape index (κ3) is 5.60. The molecule has 0 unspecified atom stereocenters. The van der Waals surface area contributed by atoms with E-state index in [4.69, 9.17) is 4.74 Å². The quantitative estimate of drug-likeness (QED) is 0.832. The van der Waals surface area contributed by atoms with Crippen molar-refractivity contribution in [1.82, 2.24) is 10.2 Å². The van der Waals surface area contributed by atoms with E-state index in [1.165, 1.54) is 24.3 Å². The van der Waals surface area contributed by atoms with Gasteiger partial charge in [-0.05, 0) is 43.5 Å². The Morgan fingerprint density at radius 3 is 2.79 bits per heavy atom. The maximum Gasteiger partial charge on any atom is 0.251 e. The third-order valence-corrected chi connectivity index (χ3v) is 4.02. The summed E-state index contributed by atoms with van der Waals surface area (Å²) in [6, 6.07) is 5.33. The summed E-state index contributed by atoms with van der Waals surface area (Å²) in [4.78, 5) is 26.0. The molecule has 1 aliphatic heterocycles. The van der Waals surface area contributed by atoms with Crippen molar-refractivity contribution in [3.63, 3.8) is 0 Å². The molecule has 0 saturated carbocycles. The number of carbonyl (C=O) groups is 2. The molecule has 0 bridgehead atoms. The normalized spacial score (nSPS) is 17.6. The Morgan fingerprint density at radius 2 is 2.08 bits per heavy atom. The fourth-order valence-corrected chi connectivity index (χ4v) is 2.73. The minimum Gasteiger partial charge on any atom is -0.376 e. The summed E-state index contributed by atoms with van der Waals surface area (Å²) >= 11 is 0. The average molecular weight is 336 g/mol. The molecule has 2 amide bonds. The van der Waals surface area contributed by atoms with Gasteiger partial charge >= 0.3 is 0 Å². The number of benzene rings is 1. The lowest BCUT2D eigenvalue weighted by atomic mass is 10.1. The molecule has 24 heavy (non-hydrogen) atoms. The Hall–Kier alpha value is -1.95. The van der Waals surface area contributed by atoms with E-state index >= 15 is 0 Å². The van der Waals surface area contributed by atoms with Gasteiger partial charge < -0.3 is 15.0 Å². The smallest absolute Gasteiger partial charge is 0.251 e. The Morgan fingerprint density at radius 1 is 1.33 bits per heavy atom. The van der Waals surface area contributed by atoms with Crippen molar-refractivity contribution in [2.24, 2.45) is 0 Å². The van der Waals surface area contributed by atoms with Crippen LogP contribution in [-0.2, 0) is 9.53 Å². The minimum absolute atomic E-state index is 0.0270. The number of ether oxygens (including phenoxy) is 1. The van der Waals surface area contributed by atoms with Crippen LogP contribution >= 0.6 is 0 Å². The highest BCUT2D eigenvalue weighted by Crippen LogP contribution is 2.14. The summed E-state index contributed by atoms with van der Waals surface area (Å²) in [5.74, 6) is -0.656. The lowest BCUT2D eigenvalue weighted by molar-refractivity contribution is -0.135. The van der Waals surface area contributed by atoms with Crippen LogP contribution in [0, 0.1) is 5.82 Å². The SMILES string of the molecule is CCCO[C@H]1CCCN(C(=O)CCNC(=O)c2ccc(F)cc2)C1. The standard InChI is InChI=1S/C18H25FN2O3/c1-2-12-24-16-4-3-11-21(13-16)17(22)9-10-20-18(23)14-5-7-15(19)8-6-14/h5-8,16H,2-4,9-13H2,1H3,(H,20,23)/t16-/m0/s1. The van der Waals surface area contributed by atoms with Crippen molar-refractivity contribution < 1.29 is 18.7 Å². The van der Waals surface area contributed by atoms with E-state index < -0.39 is 0 Å². The second kappa shape index (κ2) is 9.37. The van der Waals surface area contributed by atoms with Gasteiger partial charge in [-0.1, -0.05) is 6.92 Å². The number of nitrogens with one attached hydrogen (secondary N) is 1. The van der Waals surface area contributed by atoms with Crippen molar-refractivity contribution in [2.75, 3.05) is 26.2 Å². The number of carbonyl (C=O) groups excluding carboxylic acids is 2. The molecular formula is C18H25FN2O3. The van der Waals surface area contributed by atoms with E-state index in [2.05, 4.69) is 12.2 Å². The molecule has 0 aliphatic carbocycles. The van der Waals surface area contributed by atoms with Crippen LogP contribution in [0.15, 0.2) is 24.3 Å². The number of piperidine rings is 1. The lowest BCUT2D eigenvalue weighted by Gasteiger charge is -2.32.